The zero-order chi connectivity index (χ0) is 14.2. The molecule has 1 fully saturated rings. The van der Waals surface area contributed by atoms with Crippen LogP contribution in [0.15, 0.2) is 0 Å². The predicted molar refractivity (Wildman–Crippen MR) is 88.5 cm³/mol. The van der Waals surface area contributed by atoms with Crippen LogP contribution < -0.4 is 10.2 Å². The third kappa shape index (κ3) is 2.42. The van der Waals surface area contributed by atoms with E-state index in [1.165, 1.54) is 48.1 Å². The Morgan fingerprint density at radius 3 is 2.90 bits per heavy atom. The van der Waals surface area contributed by atoms with Gasteiger partial charge in [0.15, 0.2) is 0 Å². The highest BCUT2D eigenvalue weighted by Crippen LogP contribution is 2.39. The molecule has 3 heterocycles. The number of fused-ring (bicyclic) bond motifs is 3. The molecule has 2 aromatic rings. The van der Waals surface area contributed by atoms with Crippen LogP contribution in [-0.2, 0) is 12.8 Å². The quantitative estimate of drug-likeness (QED) is 0.879. The van der Waals surface area contributed by atoms with Gasteiger partial charge in [0, 0.05) is 24.5 Å². The fourth-order valence-corrected chi connectivity index (χ4v) is 4.83. The molecule has 21 heavy (non-hydrogen) atoms. The van der Waals surface area contributed by atoms with Crippen molar-refractivity contribution in [3.63, 3.8) is 0 Å². The molecule has 2 aliphatic rings. The summed E-state index contributed by atoms with van der Waals surface area (Å²) in [6.07, 6.45) is 6.27. The number of hydrogen-bond donors (Lipinski definition) is 1. The van der Waals surface area contributed by atoms with E-state index in [2.05, 4.69) is 10.2 Å². The Bertz CT molecular complexity index is 656. The summed E-state index contributed by atoms with van der Waals surface area (Å²) in [6, 6.07) is 0. The summed E-state index contributed by atoms with van der Waals surface area (Å²) in [5, 5.41) is 4.85. The molecule has 0 radical (unpaired) electrons. The summed E-state index contributed by atoms with van der Waals surface area (Å²) in [6.45, 7) is 6.35. The Kier molecular flexibility index (Phi) is 3.55. The first kappa shape index (κ1) is 13.5. The Balaban J connectivity index is 1.87. The zero-order valence-electron chi connectivity index (χ0n) is 12.6. The number of nitrogens with zero attached hydrogens (tertiary/aromatic N) is 3. The van der Waals surface area contributed by atoms with Crippen molar-refractivity contribution in [2.45, 2.75) is 39.0 Å². The van der Waals surface area contributed by atoms with Crippen LogP contribution in [0.5, 0.6) is 0 Å². The molecule has 1 N–H and O–H groups in total. The molecule has 2 aromatic heterocycles. The average Bonchev–Trinajstić information content (AvgIpc) is 2.68. The zero-order valence-corrected chi connectivity index (χ0v) is 13.4. The van der Waals surface area contributed by atoms with E-state index in [1.54, 1.807) is 10.4 Å². The number of rotatable bonds is 1. The molecule has 0 spiro atoms. The van der Waals surface area contributed by atoms with Gasteiger partial charge in [-0.25, -0.2) is 9.97 Å². The van der Waals surface area contributed by atoms with Gasteiger partial charge in [-0.1, -0.05) is 0 Å². The standard InChI is InChI=1S/C16H22N4S/c1-11-18-15(20-9-4-7-17-8-10-20)14-12-5-2-3-6-13(12)21-16(14)19-11/h17H,2-10H2,1H3. The van der Waals surface area contributed by atoms with Gasteiger partial charge in [0.1, 0.15) is 16.5 Å². The Hall–Kier alpha value is -1.20. The molecule has 4 nitrogen and oxygen atoms in total. The normalized spacial score (nSPS) is 19.6. The van der Waals surface area contributed by atoms with Crippen molar-refractivity contribution in [2.75, 3.05) is 31.1 Å². The van der Waals surface area contributed by atoms with E-state index in [-0.39, 0.29) is 0 Å². The minimum absolute atomic E-state index is 0.910. The second kappa shape index (κ2) is 5.54. The lowest BCUT2D eigenvalue weighted by Gasteiger charge is -2.23. The first-order valence-corrected chi connectivity index (χ1v) is 8.89. The van der Waals surface area contributed by atoms with Crippen LogP contribution in [0.4, 0.5) is 5.82 Å². The van der Waals surface area contributed by atoms with Crippen LogP contribution in [0.2, 0.25) is 0 Å². The Labute approximate surface area is 129 Å². The van der Waals surface area contributed by atoms with Crippen LogP contribution >= 0.6 is 11.3 Å². The van der Waals surface area contributed by atoms with Crippen molar-refractivity contribution in [2.24, 2.45) is 0 Å². The monoisotopic (exact) mass is 302 g/mol. The third-order valence-electron chi connectivity index (χ3n) is 4.55. The lowest BCUT2D eigenvalue weighted by molar-refractivity contribution is 0.699. The summed E-state index contributed by atoms with van der Waals surface area (Å²) in [4.78, 5) is 14.8. The van der Waals surface area contributed by atoms with E-state index < -0.39 is 0 Å². The van der Waals surface area contributed by atoms with Gasteiger partial charge in [-0.15, -0.1) is 11.3 Å². The summed E-state index contributed by atoms with van der Waals surface area (Å²) in [7, 11) is 0. The maximum atomic E-state index is 4.84. The molecule has 1 saturated heterocycles. The van der Waals surface area contributed by atoms with E-state index >= 15 is 0 Å². The van der Waals surface area contributed by atoms with Crippen molar-refractivity contribution >= 4 is 27.4 Å². The molecule has 4 rings (SSSR count). The lowest BCUT2D eigenvalue weighted by atomic mass is 9.97. The topological polar surface area (TPSA) is 41.1 Å². The number of anilines is 1. The van der Waals surface area contributed by atoms with Crippen molar-refractivity contribution in [3.8, 4) is 0 Å². The highest BCUT2D eigenvalue weighted by molar-refractivity contribution is 7.19. The molecule has 0 atom stereocenters. The van der Waals surface area contributed by atoms with Crippen molar-refractivity contribution < 1.29 is 0 Å². The number of hydrogen-bond acceptors (Lipinski definition) is 5. The van der Waals surface area contributed by atoms with Crippen LogP contribution in [0.25, 0.3) is 10.2 Å². The second-order valence-electron chi connectivity index (χ2n) is 6.08. The van der Waals surface area contributed by atoms with E-state index in [1.807, 2.05) is 18.3 Å². The molecule has 0 saturated carbocycles. The SMILES string of the molecule is Cc1nc(N2CCCNCC2)c2c3c(sc2n1)CCCC3. The fourth-order valence-electron chi connectivity index (χ4n) is 3.53. The third-order valence-corrected chi connectivity index (χ3v) is 5.73. The molecule has 5 heteroatoms. The van der Waals surface area contributed by atoms with Crippen molar-refractivity contribution in [3.05, 3.63) is 16.3 Å². The molecule has 0 aromatic carbocycles. The first-order valence-electron chi connectivity index (χ1n) is 8.07. The van der Waals surface area contributed by atoms with Gasteiger partial charge in [0.2, 0.25) is 0 Å². The van der Waals surface area contributed by atoms with Crippen LogP contribution in [0.1, 0.15) is 35.5 Å². The summed E-state index contributed by atoms with van der Waals surface area (Å²) >= 11 is 1.90. The molecule has 0 unspecified atom stereocenters. The predicted octanol–water partition coefficient (Wildman–Crippen LogP) is 2.68. The Morgan fingerprint density at radius 1 is 1.05 bits per heavy atom. The van der Waals surface area contributed by atoms with Gasteiger partial charge < -0.3 is 10.2 Å². The van der Waals surface area contributed by atoms with Crippen LogP contribution in [0.3, 0.4) is 0 Å². The van der Waals surface area contributed by atoms with Gasteiger partial charge in [0.05, 0.1) is 5.39 Å². The number of aryl methyl sites for hydroxylation is 3. The largest absolute Gasteiger partial charge is 0.355 e. The summed E-state index contributed by atoms with van der Waals surface area (Å²) in [5.41, 5.74) is 1.55. The number of nitrogens with one attached hydrogen (secondary N) is 1. The molecule has 1 aliphatic carbocycles. The Morgan fingerprint density at radius 2 is 1.95 bits per heavy atom. The molecular weight excluding hydrogens is 280 g/mol. The molecule has 0 bridgehead atoms. The second-order valence-corrected chi connectivity index (χ2v) is 7.16. The van der Waals surface area contributed by atoms with E-state index in [4.69, 9.17) is 9.97 Å². The van der Waals surface area contributed by atoms with Crippen LogP contribution in [-0.4, -0.2) is 36.1 Å². The van der Waals surface area contributed by atoms with Crippen LogP contribution in [0, 0.1) is 6.92 Å². The highest BCUT2D eigenvalue weighted by Gasteiger charge is 2.23. The van der Waals surface area contributed by atoms with Crippen molar-refractivity contribution in [1.82, 2.24) is 15.3 Å². The molecule has 0 amide bonds. The molecule has 1 aliphatic heterocycles. The van der Waals surface area contributed by atoms with Gasteiger partial charge in [-0.05, 0) is 51.1 Å². The average molecular weight is 302 g/mol. The van der Waals surface area contributed by atoms with Gasteiger partial charge >= 0.3 is 0 Å². The maximum absolute atomic E-state index is 4.84. The lowest BCUT2D eigenvalue weighted by Crippen LogP contribution is -2.29. The minimum atomic E-state index is 0.910. The van der Waals surface area contributed by atoms with E-state index in [9.17, 15) is 0 Å². The van der Waals surface area contributed by atoms with E-state index in [0.29, 0.717) is 0 Å². The maximum Gasteiger partial charge on any atom is 0.141 e. The summed E-state index contributed by atoms with van der Waals surface area (Å²) in [5.74, 6) is 2.11. The van der Waals surface area contributed by atoms with E-state index in [0.717, 1.165) is 32.0 Å². The smallest absolute Gasteiger partial charge is 0.141 e. The fraction of sp³-hybridized carbons (Fsp3) is 0.625. The summed E-state index contributed by atoms with van der Waals surface area (Å²) < 4.78 is 0. The first-order chi connectivity index (χ1) is 10.3. The van der Waals surface area contributed by atoms with Gasteiger partial charge in [0.25, 0.3) is 0 Å². The number of aromatic nitrogens is 2. The van der Waals surface area contributed by atoms with Crippen molar-refractivity contribution in [1.29, 1.82) is 0 Å². The van der Waals surface area contributed by atoms with Gasteiger partial charge in [-0.2, -0.15) is 0 Å². The minimum Gasteiger partial charge on any atom is -0.355 e. The molecule has 112 valence electrons. The van der Waals surface area contributed by atoms with Gasteiger partial charge in [-0.3, -0.25) is 0 Å². The molecular formula is C16H22N4S. The highest BCUT2D eigenvalue weighted by atomic mass is 32.1. The number of thiophene rings is 1.